The monoisotopic (exact) mass is 448 g/mol. The highest BCUT2D eigenvalue weighted by molar-refractivity contribution is 6.31. The fraction of sp³-hybridized carbons (Fsp3) is 0.0417. The third-order valence-corrected chi connectivity index (χ3v) is 5.03. The van der Waals surface area contributed by atoms with Crippen molar-refractivity contribution in [2.24, 2.45) is 0 Å². The number of ether oxygens (including phenoxy) is 1. The van der Waals surface area contributed by atoms with Crippen LogP contribution >= 0.6 is 11.6 Å². The van der Waals surface area contributed by atoms with E-state index in [0.29, 0.717) is 28.3 Å². The van der Waals surface area contributed by atoms with Crippen molar-refractivity contribution in [2.75, 3.05) is 10.6 Å². The minimum atomic E-state index is -0.484. The van der Waals surface area contributed by atoms with Gasteiger partial charge in [-0.15, -0.1) is 0 Å². The first-order valence-corrected chi connectivity index (χ1v) is 10.0. The van der Waals surface area contributed by atoms with Gasteiger partial charge in [-0.3, -0.25) is 4.79 Å². The number of carbonyl (C=O) groups excluding carboxylic acids is 1. The molecule has 0 fully saturated rings. The molecule has 0 unspecified atom stereocenters. The van der Waals surface area contributed by atoms with E-state index in [1.807, 2.05) is 12.1 Å². The van der Waals surface area contributed by atoms with Crippen molar-refractivity contribution in [1.29, 1.82) is 0 Å². The number of fused-ring (bicyclic) bond motifs is 1. The molecule has 2 N–H and O–H groups in total. The maximum atomic E-state index is 13.6. The van der Waals surface area contributed by atoms with Crippen molar-refractivity contribution in [3.8, 4) is 5.75 Å². The molecule has 0 aliphatic heterocycles. The molecule has 3 aromatic carbocycles. The van der Waals surface area contributed by atoms with E-state index in [0.717, 1.165) is 11.1 Å². The van der Waals surface area contributed by atoms with E-state index in [2.05, 4.69) is 27.2 Å². The minimum absolute atomic E-state index is 0.0496. The Kier molecular flexibility index (Phi) is 6.28. The van der Waals surface area contributed by atoms with Gasteiger partial charge in [-0.1, -0.05) is 36.4 Å². The second-order valence-electron chi connectivity index (χ2n) is 6.80. The molecule has 4 rings (SSSR count). The zero-order valence-electron chi connectivity index (χ0n) is 16.8. The molecule has 0 saturated heterocycles. The number of nitrogens with one attached hydrogen (secondary N) is 2. The first-order valence-electron chi connectivity index (χ1n) is 9.64. The lowest BCUT2D eigenvalue weighted by atomic mass is 10.2. The lowest BCUT2D eigenvalue weighted by Gasteiger charge is -2.12. The molecule has 1 aromatic heterocycles. The van der Waals surface area contributed by atoms with Crippen LogP contribution in [0.5, 0.6) is 5.75 Å². The fourth-order valence-electron chi connectivity index (χ4n) is 3.05. The quantitative estimate of drug-likeness (QED) is 0.346. The predicted molar refractivity (Wildman–Crippen MR) is 124 cm³/mol. The molecule has 8 heteroatoms. The molecule has 0 aliphatic rings. The van der Waals surface area contributed by atoms with Crippen LogP contribution in [0.2, 0.25) is 5.02 Å². The summed E-state index contributed by atoms with van der Waals surface area (Å²) in [6, 6.07) is 17.2. The molecule has 6 nitrogen and oxygen atoms in total. The summed E-state index contributed by atoms with van der Waals surface area (Å²) in [5.74, 6) is 0.351. The van der Waals surface area contributed by atoms with Crippen LogP contribution in [-0.2, 0) is 11.4 Å². The Morgan fingerprint density at radius 1 is 1.09 bits per heavy atom. The SMILES string of the molecule is C=CC(=O)Nc1ccc2ncnc(Nc3cccc(OCc4cccc(F)c4Cl)c3)c2c1. The van der Waals surface area contributed by atoms with Crippen molar-refractivity contribution in [2.45, 2.75) is 6.61 Å². The van der Waals surface area contributed by atoms with Crippen LogP contribution in [0.1, 0.15) is 5.56 Å². The van der Waals surface area contributed by atoms with E-state index in [1.54, 1.807) is 42.5 Å². The second-order valence-corrected chi connectivity index (χ2v) is 7.18. The van der Waals surface area contributed by atoms with Crippen molar-refractivity contribution >= 4 is 45.6 Å². The topological polar surface area (TPSA) is 76.1 Å². The van der Waals surface area contributed by atoms with Gasteiger partial charge in [-0.25, -0.2) is 14.4 Å². The van der Waals surface area contributed by atoms with Crippen LogP contribution in [0.4, 0.5) is 21.6 Å². The Balaban J connectivity index is 1.55. The predicted octanol–water partition coefficient (Wildman–Crippen LogP) is 5.87. The standard InChI is InChI=1S/C24H18ClFN4O2/c1-2-22(31)29-17-9-10-21-19(12-17)24(28-14-27-21)30-16-6-4-7-18(11-16)32-13-15-5-3-8-20(26)23(15)25/h2-12,14H,1,13H2,(H,29,31)(H,27,28,30). The Morgan fingerprint density at radius 2 is 1.94 bits per heavy atom. The molecule has 0 bridgehead atoms. The number of halogens is 2. The van der Waals surface area contributed by atoms with Crippen LogP contribution in [0.25, 0.3) is 10.9 Å². The molecule has 32 heavy (non-hydrogen) atoms. The molecule has 0 radical (unpaired) electrons. The summed E-state index contributed by atoms with van der Waals surface area (Å²) in [5, 5.41) is 6.76. The first-order chi connectivity index (χ1) is 15.5. The Labute approximate surface area is 188 Å². The second kappa shape index (κ2) is 9.45. The van der Waals surface area contributed by atoms with Gasteiger partial charge in [0.05, 0.1) is 10.5 Å². The van der Waals surface area contributed by atoms with Gasteiger partial charge in [-0.05, 0) is 42.5 Å². The smallest absolute Gasteiger partial charge is 0.247 e. The Bertz CT molecular complexity index is 1310. The normalized spacial score (nSPS) is 10.6. The van der Waals surface area contributed by atoms with E-state index >= 15 is 0 Å². The maximum Gasteiger partial charge on any atom is 0.247 e. The Morgan fingerprint density at radius 3 is 2.78 bits per heavy atom. The molecule has 4 aromatic rings. The van der Waals surface area contributed by atoms with E-state index in [4.69, 9.17) is 16.3 Å². The lowest BCUT2D eigenvalue weighted by Crippen LogP contribution is -2.07. The van der Waals surface area contributed by atoms with Gasteiger partial charge < -0.3 is 15.4 Å². The average Bonchev–Trinajstić information content (AvgIpc) is 2.80. The largest absolute Gasteiger partial charge is 0.489 e. The number of hydrogen-bond donors (Lipinski definition) is 2. The summed E-state index contributed by atoms with van der Waals surface area (Å²) in [4.78, 5) is 20.2. The van der Waals surface area contributed by atoms with E-state index in [1.165, 1.54) is 18.5 Å². The lowest BCUT2D eigenvalue weighted by molar-refractivity contribution is -0.111. The van der Waals surface area contributed by atoms with Gasteiger partial charge in [0, 0.05) is 28.4 Å². The third kappa shape index (κ3) is 4.84. The van der Waals surface area contributed by atoms with Crippen molar-refractivity contribution in [3.05, 3.63) is 96.0 Å². The summed E-state index contributed by atoms with van der Waals surface area (Å²) in [5.41, 5.74) is 2.60. The number of anilines is 3. The van der Waals surface area contributed by atoms with Gasteiger partial charge in [0.2, 0.25) is 5.91 Å². The highest BCUT2D eigenvalue weighted by Gasteiger charge is 2.09. The molecule has 0 saturated carbocycles. The van der Waals surface area contributed by atoms with Crippen LogP contribution in [-0.4, -0.2) is 15.9 Å². The van der Waals surface area contributed by atoms with Crippen molar-refractivity contribution in [3.63, 3.8) is 0 Å². The van der Waals surface area contributed by atoms with Crippen LogP contribution in [0.3, 0.4) is 0 Å². The highest BCUT2D eigenvalue weighted by Crippen LogP contribution is 2.28. The minimum Gasteiger partial charge on any atom is -0.489 e. The molecule has 160 valence electrons. The third-order valence-electron chi connectivity index (χ3n) is 4.61. The number of amides is 1. The maximum absolute atomic E-state index is 13.6. The molecule has 1 amide bonds. The van der Waals surface area contributed by atoms with E-state index < -0.39 is 5.82 Å². The van der Waals surface area contributed by atoms with Crippen LogP contribution in [0, 0.1) is 5.82 Å². The number of hydrogen-bond acceptors (Lipinski definition) is 5. The van der Waals surface area contributed by atoms with E-state index in [-0.39, 0.29) is 17.5 Å². The van der Waals surface area contributed by atoms with Crippen LogP contribution < -0.4 is 15.4 Å². The summed E-state index contributed by atoms with van der Waals surface area (Å²) in [6.07, 6.45) is 2.66. The molecular formula is C24H18ClFN4O2. The summed E-state index contributed by atoms with van der Waals surface area (Å²) in [7, 11) is 0. The molecular weight excluding hydrogens is 431 g/mol. The molecule has 0 spiro atoms. The first kappa shape index (κ1) is 21.3. The number of nitrogens with zero attached hydrogens (tertiary/aromatic N) is 2. The van der Waals surface area contributed by atoms with Crippen molar-refractivity contribution in [1.82, 2.24) is 9.97 Å². The summed E-state index contributed by atoms with van der Waals surface area (Å²) >= 11 is 5.99. The molecule has 0 atom stereocenters. The zero-order chi connectivity index (χ0) is 22.5. The fourth-order valence-corrected chi connectivity index (χ4v) is 3.23. The molecule has 0 aliphatic carbocycles. The molecule has 1 heterocycles. The van der Waals surface area contributed by atoms with Gasteiger partial charge in [-0.2, -0.15) is 0 Å². The summed E-state index contributed by atoms with van der Waals surface area (Å²) in [6.45, 7) is 3.59. The van der Waals surface area contributed by atoms with Crippen LogP contribution in [0.15, 0.2) is 79.6 Å². The van der Waals surface area contributed by atoms with Gasteiger partial charge >= 0.3 is 0 Å². The Hall–Kier alpha value is -3.97. The van der Waals surface area contributed by atoms with Gasteiger partial charge in [0.15, 0.2) is 0 Å². The van der Waals surface area contributed by atoms with Gasteiger partial charge in [0.25, 0.3) is 0 Å². The number of aromatic nitrogens is 2. The number of carbonyl (C=O) groups is 1. The highest BCUT2D eigenvalue weighted by atomic mass is 35.5. The van der Waals surface area contributed by atoms with Gasteiger partial charge in [0.1, 0.15) is 30.3 Å². The van der Waals surface area contributed by atoms with E-state index in [9.17, 15) is 9.18 Å². The average molecular weight is 449 g/mol. The summed E-state index contributed by atoms with van der Waals surface area (Å²) < 4.78 is 19.4. The number of benzene rings is 3. The van der Waals surface area contributed by atoms with Crippen molar-refractivity contribution < 1.29 is 13.9 Å². The number of rotatable bonds is 7. The zero-order valence-corrected chi connectivity index (χ0v) is 17.6.